The van der Waals surface area contributed by atoms with Crippen molar-refractivity contribution in [2.45, 2.75) is 56.1 Å². The number of aryl methyl sites for hydroxylation is 2. The minimum Gasteiger partial charge on any atom is -0.340 e. The molecule has 0 fully saturated rings. The lowest BCUT2D eigenvalue weighted by Gasteiger charge is -2.22. The number of thioether (sulfide) groups is 1. The van der Waals surface area contributed by atoms with Crippen LogP contribution >= 0.6 is 23.1 Å². The van der Waals surface area contributed by atoms with Crippen molar-refractivity contribution in [3.63, 3.8) is 0 Å². The summed E-state index contributed by atoms with van der Waals surface area (Å²) in [4.78, 5) is 35.1. The second-order valence-electron chi connectivity index (χ2n) is 7.93. The summed E-state index contributed by atoms with van der Waals surface area (Å²) in [6.07, 6.45) is 5.98. The van der Waals surface area contributed by atoms with E-state index in [0.717, 1.165) is 35.0 Å². The molecular formula is C24H27N3O2S2. The van der Waals surface area contributed by atoms with Crippen molar-refractivity contribution in [2.75, 3.05) is 7.05 Å². The lowest BCUT2D eigenvalue weighted by Crippen LogP contribution is -2.33. The molecule has 7 heteroatoms. The SMILES string of the molecule is C=CCn1c(SC(C)C(=O)N(C)Cc2ccccc2)nc2sc3c(c2c1=O)CCCC3. The average molecular weight is 454 g/mol. The highest BCUT2D eigenvalue weighted by Crippen LogP contribution is 2.35. The molecule has 1 aliphatic carbocycles. The van der Waals surface area contributed by atoms with Gasteiger partial charge in [-0.3, -0.25) is 14.2 Å². The van der Waals surface area contributed by atoms with Crippen LogP contribution in [0.2, 0.25) is 0 Å². The molecule has 1 amide bonds. The van der Waals surface area contributed by atoms with Crippen LogP contribution in [0.5, 0.6) is 0 Å². The van der Waals surface area contributed by atoms with Gasteiger partial charge in [0.2, 0.25) is 5.91 Å². The molecule has 0 N–H and O–H groups in total. The Morgan fingerprint density at radius 1 is 1.32 bits per heavy atom. The van der Waals surface area contributed by atoms with E-state index in [9.17, 15) is 9.59 Å². The summed E-state index contributed by atoms with van der Waals surface area (Å²) in [5.74, 6) is 0.0128. The van der Waals surface area contributed by atoms with Crippen LogP contribution in [0.4, 0.5) is 0 Å². The van der Waals surface area contributed by atoms with Crippen LogP contribution in [0.3, 0.4) is 0 Å². The van der Waals surface area contributed by atoms with Crippen LogP contribution in [0.25, 0.3) is 10.2 Å². The lowest BCUT2D eigenvalue weighted by molar-refractivity contribution is -0.129. The average Bonchev–Trinajstić information content (AvgIpc) is 3.15. The van der Waals surface area contributed by atoms with E-state index in [1.54, 1.807) is 26.9 Å². The molecule has 3 aromatic rings. The normalized spacial score (nSPS) is 14.3. The Morgan fingerprint density at radius 3 is 2.81 bits per heavy atom. The predicted molar refractivity (Wildman–Crippen MR) is 129 cm³/mol. The van der Waals surface area contributed by atoms with Crippen molar-refractivity contribution in [1.29, 1.82) is 0 Å². The molecule has 1 atom stereocenters. The van der Waals surface area contributed by atoms with E-state index >= 15 is 0 Å². The second-order valence-corrected chi connectivity index (χ2v) is 10.3. The third-order valence-corrected chi connectivity index (χ3v) is 7.88. The second kappa shape index (κ2) is 9.40. The first-order chi connectivity index (χ1) is 15.0. The molecule has 2 aromatic heterocycles. The number of carbonyl (C=O) groups excluding carboxylic acids is 1. The first-order valence-electron chi connectivity index (χ1n) is 10.6. The molecule has 4 rings (SSSR count). The number of rotatable bonds is 7. The van der Waals surface area contributed by atoms with Crippen molar-refractivity contribution in [3.05, 3.63) is 69.3 Å². The standard InChI is InChI=1S/C24H27N3O2S2/c1-4-14-27-23(29)20-18-12-8-9-13-19(18)31-21(20)25-24(27)30-16(2)22(28)26(3)15-17-10-6-5-7-11-17/h4-7,10-11,16H,1,8-9,12-15H2,2-3H3. The van der Waals surface area contributed by atoms with Crippen LogP contribution in [-0.2, 0) is 30.7 Å². The number of nitrogens with zero attached hydrogens (tertiary/aromatic N) is 3. The number of allylic oxidation sites excluding steroid dienone is 1. The number of benzene rings is 1. The highest BCUT2D eigenvalue weighted by atomic mass is 32.2. The molecule has 0 saturated heterocycles. The smallest absolute Gasteiger partial charge is 0.263 e. The fourth-order valence-corrected chi connectivity index (χ4v) is 6.39. The van der Waals surface area contributed by atoms with E-state index in [1.807, 2.05) is 44.3 Å². The van der Waals surface area contributed by atoms with Crippen molar-refractivity contribution in [1.82, 2.24) is 14.5 Å². The minimum absolute atomic E-state index is 0.0101. The first kappa shape index (κ1) is 21.8. The van der Waals surface area contributed by atoms with Crippen LogP contribution < -0.4 is 5.56 Å². The molecule has 0 radical (unpaired) electrons. The Labute approximate surface area is 190 Å². The number of amides is 1. The van der Waals surface area contributed by atoms with Gasteiger partial charge < -0.3 is 4.90 Å². The monoisotopic (exact) mass is 453 g/mol. The predicted octanol–water partition coefficient (Wildman–Crippen LogP) is 4.66. The quantitative estimate of drug-likeness (QED) is 0.297. The van der Waals surface area contributed by atoms with Gasteiger partial charge in [-0.1, -0.05) is 48.2 Å². The number of hydrogen-bond donors (Lipinski definition) is 0. The van der Waals surface area contributed by atoms with Gasteiger partial charge in [-0.15, -0.1) is 17.9 Å². The fraction of sp³-hybridized carbons (Fsp3) is 0.375. The van der Waals surface area contributed by atoms with Gasteiger partial charge in [-0.2, -0.15) is 0 Å². The first-order valence-corrected chi connectivity index (χ1v) is 12.3. The highest BCUT2D eigenvalue weighted by molar-refractivity contribution is 8.00. The molecule has 31 heavy (non-hydrogen) atoms. The fourth-order valence-electron chi connectivity index (χ4n) is 4.05. The Bertz CT molecular complexity index is 1170. The van der Waals surface area contributed by atoms with Gasteiger partial charge in [0.25, 0.3) is 5.56 Å². The van der Waals surface area contributed by atoms with Crippen LogP contribution in [-0.4, -0.2) is 32.7 Å². The largest absolute Gasteiger partial charge is 0.340 e. The molecule has 0 aliphatic heterocycles. The molecule has 0 spiro atoms. The van der Waals surface area contributed by atoms with Gasteiger partial charge in [0.15, 0.2) is 5.16 Å². The van der Waals surface area contributed by atoms with Crippen LogP contribution in [0.15, 0.2) is 52.9 Å². The molecule has 5 nitrogen and oxygen atoms in total. The van der Waals surface area contributed by atoms with Crippen molar-refractivity contribution in [3.8, 4) is 0 Å². The van der Waals surface area contributed by atoms with Crippen molar-refractivity contribution in [2.24, 2.45) is 0 Å². The summed E-state index contributed by atoms with van der Waals surface area (Å²) >= 11 is 2.99. The Hall–Kier alpha value is -2.38. The van der Waals surface area contributed by atoms with Gasteiger partial charge in [-0.05, 0) is 43.7 Å². The molecule has 1 aliphatic rings. The van der Waals surface area contributed by atoms with E-state index in [2.05, 4.69) is 6.58 Å². The van der Waals surface area contributed by atoms with E-state index in [-0.39, 0.29) is 16.7 Å². The number of fused-ring (bicyclic) bond motifs is 3. The minimum atomic E-state index is -0.358. The molecule has 1 aromatic carbocycles. The maximum Gasteiger partial charge on any atom is 0.263 e. The molecule has 2 heterocycles. The van der Waals surface area contributed by atoms with Gasteiger partial charge in [0.1, 0.15) is 4.83 Å². The van der Waals surface area contributed by atoms with Crippen molar-refractivity contribution < 1.29 is 4.79 Å². The van der Waals surface area contributed by atoms with Crippen LogP contribution in [0.1, 0.15) is 35.8 Å². The summed E-state index contributed by atoms with van der Waals surface area (Å²) in [5.41, 5.74) is 2.26. The number of aromatic nitrogens is 2. The Morgan fingerprint density at radius 2 is 2.06 bits per heavy atom. The van der Waals surface area contributed by atoms with Crippen LogP contribution in [0, 0.1) is 0 Å². The molecule has 162 valence electrons. The van der Waals surface area contributed by atoms with Gasteiger partial charge >= 0.3 is 0 Å². The van der Waals surface area contributed by atoms with E-state index in [4.69, 9.17) is 4.98 Å². The van der Waals surface area contributed by atoms with E-state index < -0.39 is 0 Å². The summed E-state index contributed by atoms with van der Waals surface area (Å²) < 4.78 is 1.67. The zero-order chi connectivity index (χ0) is 22.0. The number of hydrogen-bond acceptors (Lipinski definition) is 5. The third kappa shape index (κ3) is 4.48. The van der Waals surface area contributed by atoms with Gasteiger partial charge in [0, 0.05) is 25.0 Å². The highest BCUT2D eigenvalue weighted by Gasteiger charge is 2.25. The topological polar surface area (TPSA) is 55.2 Å². The summed E-state index contributed by atoms with van der Waals surface area (Å²) in [5, 5.41) is 1.000. The van der Waals surface area contributed by atoms with E-state index in [0.29, 0.717) is 18.2 Å². The van der Waals surface area contributed by atoms with Gasteiger partial charge in [0.05, 0.1) is 10.6 Å². The molecule has 1 unspecified atom stereocenters. The zero-order valence-electron chi connectivity index (χ0n) is 18.0. The number of carbonyl (C=O) groups is 1. The molecular weight excluding hydrogens is 426 g/mol. The van der Waals surface area contributed by atoms with E-state index in [1.165, 1.54) is 28.6 Å². The molecule has 0 bridgehead atoms. The summed E-state index contributed by atoms with van der Waals surface area (Å²) in [7, 11) is 1.81. The summed E-state index contributed by atoms with van der Waals surface area (Å²) in [6, 6.07) is 9.93. The number of thiophene rings is 1. The maximum absolute atomic E-state index is 13.4. The summed E-state index contributed by atoms with van der Waals surface area (Å²) in [6.45, 7) is 6.63. The maximum atomic E-state index is 13.4. The lowest BCUT2D eigenvalue weighted by atomic mass is 9.97. The Kier molecular flexibility index (Phi) is 6.62. The molecule has 0 saturated carbocycles. The Balaban J connectivity index is 1.62. The van der Waals surface area contributed by atoms with Gasteiger partial charge in [-0.25, -0.2) is 4.98 Å². The van der Waals surface area contributed by atoms with Crippen molar-refractivity contribution >= 4 is 39.2 Å². The third-order valence-electron chi connectivity index (χ3n) is 5.62. The zero-order valence-corrected chi connectivity index (χ0v) is 19.6.